The predicted molar refractivity (Wildman–Crippen MR) is 74.6 cm³/mol. The van der Waals surface area contributed by atoms with Gasteiger partial charge in [0.2, 0.25) is 0 Å². The van der Waals surface area contributed by atoms with Gasteiger partial charge >= 0.3 is 0 Å². The highest BCUT2D eigenvalue weighted by Gasteiger charge is 2.32. The van der Waals surface area contributed by atoms with Gasteiger partial charge in [0, 0.05) is 11.3 Å². The molecule has 3 nitrogen and oxygen atoms in total. The summed E-state index contributed by atoms with van der Waals surface area (Å²) < 4.78 is 5.19. The average molecular weight is 271 g/mol. The van der Waals surface area contributed by atoms with Crippen LogP contribution in [0.3, 0.4) is 0 Å². The van der Waals surface area contributed by atoms with Gasteiger partial charge in [-0.25, -0.2) is 4.98 Å². The molecule has 0 aromatic carbocycles. The van der Waals surface area contributed by atoms with Crippen LogP contribution in [-0.2, 0) is 0 Å². The Bertz CT molecular complexity index is 327. The van der Waals surface area contributed by atoms with E-state index >= 15 is 0 Å². The monoisotopic (exact) mass is 271 g/mol. The summed E-state index contributed by atoms with van der Waals surface area (Å²) in [4.78, 5) is 4.29. The van der Waals surface area contributed by atoms with Crippen LogP contribution in [0.1, 0.15) is 33.1 Å². The van der Waals surface area contributed by atoms with E-state index in [9.17, 15) is 0 Å². The zero-order chi connectivity index (χ0) is 12.3. The van der Waals surface area contributed by atoms with Gasteiger partial charge in [-0.3, -0.25) is 0 Å². The van der Waals surface area contributed by atoms with Gasteiger partial charge in [-0.2, -0.15) is 4.37 Å². The second-order valence-corrected chi connectivity index (χ2v) is 7.34. The number of thioether (sulfide) groups is 1. The molecule has 2 rings (SSSR count). The van der Waals surface area contributed by atoms with E-state index in [0.29, 0.717) is 11.3 Å². The lowest BCUT2D eigenvalue weighted by molar-refractivity contribution is 0.251. The zero-order valence-electron chi connectivity index (χ0n) is 10.7. The van der Waals surface area contributed by atoms with Gasteiger partial charge in [-0.1, -0.05) is 25.6 Å². The molecule has 1 N–H and O–H groups in total. The van der Waals surface area contributed by atoms with Gasteiger partial charge in [0.1, 0.15) is 6.33 Å². The summed E-state index contributed by atoms with van der Waals surface area (Å²) in [5.74, 6) is 1.66. The summed E-state index contributed by atoms with van der Waals surface area (Å²) in [7, 11) is 2.08. The number of hydrogen-bond acceptors (Lipinski definition) is 5. The standard InChI is InChI=1S/C12H21N3S2/c1-8(2)9-4-5-10(13-3)11(6-9)16-12-14-7-15-17-12/h7-11,13H,4-6H2,1-3H3. The fraction of sp³-hybridized carbons (Fsp3) is 0.833. The van der Waals surface area contributed by atoms with E-state index in [2.05, 4.69) is 35.6 Å². The highest BCUT2D eigenvalue weighted by molar-refractivity contribution is 8.01. The molecule has 96 valence electrons. The van der Waals surface area contributed by atoms with Gasteiger partial charge in [0.15, 0.2) is 4.34 Å². The summed E-state index contributed by atoms with van der Waals surface area (Å²) in [6.07, 6.45) is 5.60. The maximum atomic E-state index is 4.29. The van der Waals surface area contributed by atoms with Gasteiger partial charge in [-0.15, -0.1) is 0 Å². The largest absolute Gasteiger partial charge is 0.316 e. The zero-order valence-corrected chi connectivity index (χ0v) is 12.4. The van der Waals surface area contributed by atoms with E-state index in [1.54, 1.807) is 6.33 Å². The van der Waals surface area contributed by atoms with Crippen LogP contribution in [-0.4, -0.2) is 27.7 Å². The Kier molecular flexibility index (Phi) is 4.82. The van der Waals surface area contributed by atoms with E-state index < -0.39 is 0 Å². The number of aromatic nitrogens is 2. The number of nitrogens with one attached hydrogen (secondary N) is 1. The van der Waals surface area contributed by atoms with Crippen molar-refractivity contribution in [3.8, 4) is 0 Å². The Morgan fingerprint density at radius 3 is 2.88 bits per heavy atom. The van der Waals surface area contributed by atoms with E-state index in [1.165, 1.54) is 30.8 Å². The Morgan fingerprint density at radius 2 is 2.29 bits per heavy atom. The molecule has 0 bridgehead atoms. The van der Waals surface area contributed by atoms with Crippen LogP contribution in [0.15, 0.2) is 10.7 Å². The normalized spacial score (nSPS) is 29.8. The quantitative estimate of drug-likeness (QED) is 0.913. The lowest BCUT2D eigenvalue weighted by Crippen LogP contribution is -2.41. The Hall–Kier alpha value is -0.130. The molecule has 5 heteroatoms. The molecule has 1 saturated carbocycles. The van der Waals surface area contributed by atoms with Gasteiger partial charge in [0.25, 0.3) is 0 Å². The van der Waals surface area contributed by atoms with E-state index in [1.807, 2.05) is 11.8 Å². The molecule has 0 saturated heterocycles. The van der Waals surface area contributed by atoms with Crippen LogP contribution in [0.25, 0.3) is 0 Å². The van der Waals surface area contributed by atoms with Crippen molar-refractivity contribution in [1.82, 2.24) is 14.7 Å². The van der Waals surface area contributed by atoms with Crippen LogP contribution >= 0.6 is 23.3 Å². The molecule has 1 heterocycles. The SMILES string of the molecule is CNC1CCC(C(C)C)CC1Sc1ncns1. The Balaban J connectivity index is 1.99. The van der Waals surface area contributed by atoms with Gasteiger partial charge in [0.05, 0.1) is 0 Å². The van der Waals surface area contributed by atoms with Gasteiger partial charge in [-0.05, 0) is 49.7 Å². The third-order valence-corrected chi connectivity index (χ3v) is 5.84. The predicted octanol–water partition coefficient (Wildman–Crippen LogP) is 3.04. The number of hydrogen-bond donors (Lipinski definition) is 1. The summed E-state index contributed by atoms with van der Waals surface area (Å²) in [6.45, 7) is 4.69. The lowest BCUT2D eigenvalue weighted by Gasteiger charge is -2.36. The molecule has 0 spiro atoms. The van der Waals surface area contributed by atoms with Crippen LogP contribution in [0, 0.1) is 11.8 Å². The van der Waals surface area contributed by atoms with Crippen molar-refractivity contribution in [2.24, 2.45) is 11.8 Å². The Labute approximate surface area is 112 Å². The minimum atomic E-state index is 0.624. The molecule has 3 unspecified atom stereocenters. The van der Waals surface area contributed by atoms with Crippen molar-refractivity contribution in [3.63, 3.8) is 0 Å². The summed E-state index contributed by atoms with van der Waals surface area (Å²) in [6, 6.07) is 0.624. The van der Waals surface area contributed by atoms with Crippen molar-refractivity contribution < 1.29 is 0 Å². The molecule has 1 aliphatic carbocycles. The third-order valence-electron chi connectivity index (χ3n) is 3.74. The minimum Gasteiger partial charge on any atom is -0.316 e. The summed E-state index contributed by atoms with van der Waals surface area (Å²) in [5, 5.41) is 4.11. The summed E-state index contributed by atoms with van der Waals surface area (Å²) in [5.41, 5.74) is 0. The first-order valence-electron chi connectivity index (χ1n) is 6.31. The van der Waals surface area contributed by atoms with Crippen LogP contribution in [0.5, 0.6) is 0 Å². The minimum absolute atomic E-state index is 0.624. The third kappa shape index (κ3) is 3.42. The molecule has 0 aliphatic heterocycles. The van der Waals surface area contributed by atoms with E-state index in [-0.39, 0.29) is 0 Å². The lowest BCUT2D eigenvalue weighted by atomic mass is 9.79. The Morgan fingerprint density at radius 1 is 1.47 bits per heavy atom. The van der Waals surface area contributed by atoms with Crippen molar-refractivity contribution >= 4 is 23.3 Å². The first-order chi connectivity index (χ1) is 8.20. The molecule has 1 aromatic heterocycles. The maximum Gasteiger partial charge on any atom is 0.170 e. The molecular weight excluding hydrogens is 250 g/mol. The first kappa shape index (κ1) is 13.3. The van der Waals surface area contributed by atoms with Crippen molar-refractivity contribution in [2.75, 3.05) is 7.05 Å². The average Bonchev–Trinajstić information content (AvgIpc) is 2.81. The fourth-order valence-electron chi connectivity index (χ4n) is 2.57. The van der Waals surface area contributed by atoms with Gasteiger partial charge < -0.3 is 5.32 Å². The highest BCUT2D eigenvalue weighted by Crippen LogP contribution is 2.39. The molecule has 1 aliphatic rings. The molecular formula is C12H21N3S2. The number of rotatable bonds is 4. The topological polar surface area (TPSA) is 37.8 Å². The second-order valence-electron chi connectivity index (χ2n) is 5.08. The van der Waals surface area contributed by atoms with Crippen molar-refractivity contribution in [2.45, 2.75) is 48.7 Å². The molecule has 17 heavy (non-hydrogen) atoms. The summed E-state index contributed by atoms with van der Waals surface area (Å²) >= 11 is 3.42. The molecule has 1 aromatic rings. The number of nitrogens with zero attached hydrogens (tertiary/aromatic N) is 2. The van der Waals surface area contributed by atoms with Crippen LogP contribution in [0.2, 0.25) is 0 Å². The van der Waals surface area contributed by atoms with Crippen molar-refractivity contribution in [1.29, 1.82) is 0 Å². The maximum absolute atomic E-state index is 4.29. The highest BCUT2D eigenvalue weighted by atomic mass is 32.2. The van der Waals surface area contributed by atoms with Crippen LogP contribution in [0.4, 0.5) is 0 Å². The van der Waals surface area contributed by atoms with Crippen LogP contribution < -0.4 is 5.32 Å². The smallest absolute Gasteiger partial charge is 0.170 e. The molecule has 0 radical (unpaired) electrons. The molecule has 0 amide bonds. The van der Waals surface area contributed by atoms with Crippen molar-refractivity contribution in [3.05, 3.63) is 6.33 Å². The van der Waals surface area contributed by atoms with E-state index in [4.69, 9.17) is 0 Å². The molecule has 1 fully saturated rings. The van der Waals surface area contributed by atoms with E-state index in [0.717, 1.165) is 16.2 Å². The first-order valence-corrected chi connectivity index (χ1v) is 7.96. The molecule has 3 atom stereocenters. The second kappa shape index (κ2) is 6.16. The fourth-order valence-corrected chi connectivity index (χ4v) is 4.67.